The van der Waals surface area contributed by atoms with Crippen LogP contribution in [0.1, 0.15) is 24.0 Å². The van der Waals surface area contributed by atoms with Gasteiger partial charge in [-0.2, -0.15) is 0 Å². The van der Waals surface area contributed by atoms with Crippen LogP contribution in [0.4, 0.5) is 0 Å². The average molecular weight is 316 g/mol. The molecule has 2 amide bonds. The summed E-state index contributed by atoms with van der Waals surface area (Å²) < 4.78 is 5.46. The minimum atomic E-state index is -0.259. The van der Waals surface area contributed by atoms with Crippen LogP contribution in [0.3, 0.4) is 0 Å². The van der Waals surface area contributed by atoms with Crippen LogP contribution in [0.25, 0.3) is 0 Å². The van der Waals surface area contributed by atoms with E-state index in [0.29, 0.717) is 39.2 Å². The van der Waals surface area contributed by atoms with E-state index in [-0.39, 0.29) is 17.9 Å². The van der Waals surface area contributed by atoms with Crippen molar-refractivity contribution in [3.8, 4) is 0 Å². The maximum Gasteiger partial charge on any atom is 0.251 e. The lowest BCUT2D eigenvalue weighted by atomic mass is 10.1. The van der Waals surface area contributed by atoms with Crippen molar-refractivity contribution in [2.45, 2.75) is 32.3 Å². The van der Waals surface area contributed by atoms with E-state index in [1.807, 2.05) is 41.0 Å². The van der Waals surface area contributed by atoms with Gasteiger partial charge in [0.25, 0.3) is 5.91 Å². The first-order valence-corrected chi connectivity index (χ1v) is 8.37. The van der Waals surface area contributed by atoms with Crippen LogP contribution in [-0.2, 0) is 20.7 Å². The predicted octanol–water partition coefficient (Wildman–Crippen LogP) is 1.39. The van der Waals surface area contributed by atoms with Crippen LogP contribution >= 0.6 is 0 Å². The molecule has 2 aliphatic heterocycles. The monoisotopic (exact) mass is 316 g/mol. The van der Waals surface area contributed by atoms with Gasteiger partial charge in [0, 0.05) is 32.8 Å². The summed E-state index contributed by atoms with van der Waals surface area (Å²) in [6.07, 6.45) is 1.96. The molecular weight excluding hydrogens is 292 g/mol. The van der Waals surface area contributed by atoms with Crippen LogP contribution in [0.15, 0.2) is 24.3 Å². The van der Waals surface area contributed by atoms with E-state index in [2.05, 4.69) is 0 Å². The third-order valence-corrected chi connectivity index (χ3v) is 4.63. The maximum absolute atomic E-state index is 12.4. The molecule has 2 fully saturated rings. The molecule has 2 aliphatic rings. The molecule has 5 heteroatoms. The van der Waals surface area contributed by atoms with E-state index >= 15 is 0 Å². The van der Waals surface area contributed by atoms with Gasteiger partial charge in [0.05, 0.1) is 6.42 Å². The first-order chi connectivity index (χ1) is 11.1. The summed E-state index contributed by atoms with van der Waals surface area (Å²) in [5.74, 6) is 0.228. The highest BCUT2D eigenvalue weighted by Gasteiger charge is 2.31. The summed E-state index contributed by atoms with van der Waals surface area (Å²) in [4.78, 5) is 28.4. The number of carbonyl (C=O) groups excluding carboxylic acids is 2. The van der Waals surface area contributed by atoms with Gasteiger partial charge in [-0.05, 0) is 25.3 Å². The minimum Gasteiger partial charge on any atom is -0.368 e. The molecule has 124 valence electrons. The number of ether oxygens (including phenoxy) is 1. The standard InChI is InChI=1S/C18H24N2O3/c1-14-4-6-15(7-5-14)13-17(21)19-8-10-20(11-9-19)18(22)16-3-2-12-23-16/h4-7,16H,2-3,8-13H2,1H3/t16-/m1/s1. The Morgan fingerprint density at radius 2 is 1.74 bits per heavy atom. The molecule has 0 aliphatic carbocycles. The fraction of sp³-hybridized carbons (Fsp3) is 0.556. The third kappa shape index (κ3) is 3.91. The van der Waals surface area contributed by atoms with E-state index in [9.17, 15) is 9.59 Å². The summed E-state index contributed by atoms with van der Waals surface area (Å²) in [6.45, 7) is 5.17. The Bertz CT molecular complexity index is 556. The molecule has 23 heavy (non-hydrogen) atoms. The van der Waals surface area contributed by atoms with Crippen LogP contribution in [0.5, 0.6) is 0 Å². The smallest absolute Gasteiger partial charge is 0.251 e. The summed E-state index contributed by atoms with van der Waals surface area (Å²) >= 11 is 0. The van der Waals surface area contributed by atoms with Gasteiger partial charge in [0.1, 0.15) is 6.10 Å². The van der Waals surface area contributed by atoms with Crippen molar-refractivity contribution in [3.05, 3.63) is 35.4 Å². The lowest BCUT2D eigenvalue weighted by Crippen LogP contribution is -2.53. The molecule has 0 bridgehead atoms. The molecule has 0 spiro atoms. The van der Waals surface area contributed by atoms with Gasteiger partial charge in [-0.1, -0.05) is 29.8 Å². The molecule has 1 atom stereocenters. The average Bonchev–Trinajstić information content (AvgIpc) is 3.11. The number of benzene rings is 1. The number of nitrogens with zero attached hydrogens (tertiary/aromatic N) is 2. The van der Waals surface area contributed by atoms with Crippen LogP contribution in [0.2, 0.25) is 0 Å². The van der Waals surface area contributed by atoms with E-state index in [4.69, 9.17) is 4.74 Å². The van der Waals surface area contributed by atoms with Crippen LogP contribution in [-0.4, -0.2) is 60.5 Å². The molecule has 3 rings (SSSR count). The Kier molecular flexibility index (Phi) is 4.96. The molecule has 0 radical (unpaired) electrons. The Morgan fingerprint density at radius 3 is 2.35 bits per heavy atom. The molecule has 2 saturated heterocycles. The van der Waals surface area contributed by atoms with Gasteiger partial charge in [-0.3, -0.25) is 9.59 Å². The van der Waals surface area contributed by atoms with E-state index in [1.165, 1.54) is 5.56 Å². The number of rotatable bonds is 3. The number of carbonyl (C=O) groups is 2. The summed E-state index contributed by atoms with van der Waals surface area (Å²) in [7, 11) is 0. The predicted molar refractivity (Wildman–Crippen MR) is 87.0 cm³/mol. The Hall–Kier alpha value is -1.88. The number of hydrogen-bond acceptors (Lipinski definition) is 3. The van der Waals surface area contributed by atoms with Crippen molar-refractivity contribution in [1.29, 1.82) is 0 Å². The second kappa shape index (κ2) is 7.13. The molecule has 0 aromatic heterocycles. The van der Waals surface area contributed by atoms with E-state index in [1.54, 1.807) is 0 Å². The van der Waals surface area contributed by atoms with Crippen molar-refractivity contribution in [2.24, 2.45) is 0 Å². The molecule has 5 nitrogen and oxygen atoms in total. The van der Waals surface area contributed by atoms with Gasteiger partial charge in [0.2, 0.25) is 5.91 Å². The van der Waals surface area contributed by atoms with Crippen molar-refractivity contribution >= 4 is 11.8 Å². The van der Waals surface area contributed by atoms with Gasteiger partial charge >= 0.3 is 0 Å². The first-order valence-electron chi connectivity index (χ1n) is 8.37. The van der Waals surface area contributed by atoms with Crippen LogP contribution in [0, 0.1) is 6.92 Å². The highest BCUT2D eigenvalue weighted by molar-refractivity contribution is 5.82. The van der Waals surface area contributed by atoms with Crippen molar-refractivity contribution in [2.75, 3.05) is 32.8 Å². The molecule has 2 heterocycles. The zero-order valence-electron chi connectivity index (χ0n) is 13.7. The van der Waals surface area contributed by atoms with E-state index in [0.717, 1.165) is 18.4 Å². The van der Waals surface area contributed by atoms with Crippen molar-refractivity contribution in [3.63, 3.8) is 0 Å². The van der Waals surface area contributed by atoms with E-state index < -0.39 is 0 Å². The topological polar surface area (TPSA) is 49.9 Å². The molecule has 1 aromatic rings. The number of hydrogen-bond donors (Lipinski definition) is 0. The SMILES string of the molecule is Cc1ccc(CC(=O)N2CCN(C(=O)[C@H]3CCCO3)CC2)cc1. The second-order valence-electron chi connectivity index (χ2n) is 6.37. The van der Waals surface area contributed by atoms with Gasteiger partial charge in [-0.15, -0.1) is 0 Å². The quantitative estimate of drug-likeness (QED) is 0.847. The molecule has 0 N–H and O–H groups in total. The molecule has 0 saturated carbocycles. The maximum atomic E-state index is 12.4. The minimum absolute atomic E-state index is 0.0909. The van der Waals surface area contributed by atoms with Gasteiger partial charge in [0.15, 0.2) is 0 Å². The molecular formula is C18H24N2O3. The van der Waals surface area contributed by atoms with Crippen LogP contribution < -0.4 is 0 Å². The fourth-order valence-electron chi connectivity index (χ4n) is 3.14. The fourth-order valence-corrected chi connectivity index (χ4v) is 3.14. The van der Waals surface area contributed by atoms with Crippen molar-refractivity contribution in [1.82, 2.24) is 9.80 Å². The van der Waals surface area contributed by atoms with Crippen molar-refractivity contribution < 1.29 is 14.3 Å². The molecule has 1 aromatic carbocycles. The zero-order chi connectivity index (χ0) is 16.2. The molecule has 0 unspecified atom stereocenters. The summed E-state index contributed by atoms with van der Waals surface area (Å²) in [5, 5.41) is 0. The number of piperazine rings is 1. The van der Waals surface area contributed by atoms with Gasteiger partial charge in [-0.25, -0.2) is 0 Å². The third-order valence-electron chi connectivity index (χ3n) is 4.63. The highest BCUT2D eigenvalue weighted by Crippen LogP contribution is 2.16. The lowest BCUT2D eigenvalue weighted by molar-refractivity contribution is -0.145. The normalized spacial score (nSPS) is 21.5. The number of aryl methyl sites for hydroxylation is 1. The second-order valence-corrected chi connectivity index (χ2v) is 6.37. The number of amides is 2. The Balaban J connectivity index is 1.49. The van der Waals surface area contributed by atoms with Gasteiger partial charge < -0.3 is 14.5 Å². The lowest BCUT2D eigenvalue weighted by Gasteiger charge is -2.35. The first kappa shape index (κ1) is 16.0. The zero-order valence-corrected chi connectivity index (χ0v) is 13.7. The summed E-state index contributed by atoms with van der Waals surface area (Å²) in [5.41, 5.74) is 2.24. The highest BCUT2D eigenvalue weighted by atomic mass is 16.5. The Labute approximate surface area is 137 Å². The summed E-state index contributed by atoms with van der Waals surface area (Å²) in [6, 6.07) is 8.07. The largest absolute Gasteiger partial charge is 0.368 e. The Morgan fingerprint density at radius 1 is 1.09 bits per heavy atom.